The number of aryl methyl sites for hydroxylation is 1. The summed E-state index contributed by atoms with van der Waals surface area (Å²) < 4.78 is 1.00. The third-order valence-corrected chi connectivity index (χ3v) is 4.81. The minimum Gasteiger partial charge on any atom is -0.393 e. The summed E-state index contributed by atoms with van der Waals surface area (Å²) >= 11 is 1.43. The highest BCUT2D eigenvalue weighted by Gasteiger charge is 2.12. The average molecular weight is 341 g/mol. The summed E-state index contributed by atoms with van der Waals surface area (Å²) in [5.41, 5.74) is 4.17. The summed E-state index contributed by atoms with van der Waals surface area (Å²) in [6, 6.07) is 8.01. The van der Waals surface area contributed by atoms with E-state index in [-0.39, 0.29) is 12.3 Å². The van der Waals surface area contributed by atoms with Gasteiger partial charge in [0.2, 0.25) is 5.91 Å². The van der Waals surface area contributed by atoms with E-state index in [9.17, 15) is 9.90 Å². The van der Waals surface area contributed by atoms with Gasteiger partial charge in [-0.3, -0.25) is 9.78 Å². The third kappa shape index (κ3) is 3.60. The number of rotatable bonds is 5. The zero-order valence-corrected chi connectivity index (χ0v) is 14.4. The third-order valence-electron chi connectivity index (χ3n) is 3.88. The van der Waals surface area contributed by atoms with Crippen LogP contribution in [-0.2, 0) is 4.79 Å². The zero-order chi connectivity index (χ0) is 17.1. The molecule has 0 fully saturated rings. The number of aromatic nitrogens is 2. The summed E-state index contributed by atoms with van der Waals surface area (Å²) in [5.74, 6) is -0.216. The van der Waals surface area contributed by atoms with Crippen LogP contribution < -0.4 is 5.32 Å². The highest BCUT2D eigenvalue weighted by molar-refractivity contribution is 7.22. The normalized spacial score (nSPS) is 12.3. The number of thiazole rings is 1. The van der Waals surface area contributed by atoms with Crippen LogP contribution in [0.4, 0.5) is 5.13 Å². The van der Waals surface area contributed by atoms with Gasteiger partial charge in [0.15, 0.2) is 5.13 Å². The van der Waals surface area contributed by atoms with Gasteiger partial charge in [0.05, 0.1) is 22.7 Å². The quantitative estimate of drug-likeness (QED) is 0.741. The van der Waals surface area contributed by atoms with Crippen LogP contribution in [0.5, 0.6) is 0 Å². The van der Waals surface area contributed by atoms with Gasteiger partial charge in [0.25, 0.3) is 0 Å². The molecule has 0 aliphatic rings. The van der Waals surface area contributed by atoms with Gasteiger partial charge in [-0.05, 0) is 42.7 Å². The van der Waals surface area contributed by atoms with E-state index in [1.807, 2.05) is 31.3 Å². The van der Waals surface area contributed by atoms with Crippen LogP contribution in [0.15, 0.2) is 36.7 Å². The molecule has 24 heavy (non-hydrogen) atoms. The lowest BCUT2D eigenvalue weighted by atomic mass is 10.0. The first-order valence-corrected chi connectivity index (χ1v) is 8.68. The first-order valence-electron chi connectivity index (χ1n) is 7.86. The van der Waals surface area contributed by atoms with Gasteiger partial charge in [-0.2, -0.15) is 0 Å². The molecule has 0 unspecified atom stereocenters. The standard InChI is InChI=1S/C18H19N3O2S/c1-3-13(22)9-17(23)21-18-20-15-5-4-12(8-16(15)24-18)14-10-19-7-6-11(14)2/h4-8,10,13,22H,3,9H2,1-2H3,(H,20,21,23)/t13-/m1/s1. The molecule has 3 rings (SSSR count). The smallest absolute Gasteiger partial charge is 0.228 e. The Morgan fingerprint density at radius 3 is 2.96 bits per heavy atom. The van der Waals surface area contributed by atoms with Crippen LogP contribution in [0.1, 0.15) is 25.3 Å². The molecule has 2 heterocycles. The van der Waals surface area contributed by atoms with Gasteiger partial charge in [-0.25, -0.2) is 4.98 Å². The van der Waals surface area contributed by atoms with Gasteiger partial charge in [-0.1, -0.05) is 24.3 Å². The number of carbonyl (C=O) groups excluding carboxylic acids is 1. The summed E-state index contributed by atoms with van der Waals surface area (Å²) in [7, 11) is 0. The molecule has 3 aromatic rings. The molecular weight excluding hydrogens is 322 g/mol. The molecule has 0 saturated heterocycles. The van der Waals surface area contributed by atoms with Crippen molar-refractivity contribution in [2.24, 2.45) is 0 Å². The monoisotopic (exact) mass is 341 g/mol. The van der Waals surface area contributed by atoms with Crippen molar-refractivity contribution in [3.8, 4) is 11.1 Å². The Morgan fingerprint density at radius 1 is 1.38 bits per heavy atom. The van der Waals surface area contributed by atoms with E-state index >= 15 is 0 Å². The predicted octanol–water partition coefficient (Wildman–Crippen LogP) is 3.77. The molecule has 124 valence electrons. The number of carbonyl (C=O) groups is 1. The number of fused-ring (bicyclic) bond motifs is 1. The largest absolute Gasteiger partial charge is 0.393 e. The Kier molecular flexibility index (Phi) is 4.87. The molecule has 6 heteroatoms. The molecule has 0 bridgehead atoms. The number of aliphatic hydroxyl groups excluding tert-OH is 1. The maximum absolute atomic E-state index is 11.9. The molecular formula is C18H19N3O2S. The number of aliphatic hydroxyl groups is 1. The van der Waals surface area contributed by atoms with Gasteiger partial charge in [-0.15, -0.1) is 0 Å². The molecule has 0 aliphatic carbocycles. The first kappa shape index (κ1) is 16.5. The SMILES string of the molecule is CC[C@@H](O)CC(=O)Nc1nc2ccc(-c3cnccc3C)cc2s1. The van der Waals surface area contributed by atoms with Crippen molar-refractivity contribution in [2.75, 3.05) is 5.32 Å². The molecule has 1 amide bonds. The van der Waals surface area contributed by atoms with Crippen molar-refractivity contribution in [3.05, 3.63) is 42.2 Å². The van der Waals surface area contributed by atoms with Gasteiger partial charge in [0.1, 0.15) is 0 Å². The maximum Gasteiger partial charge on any atom is 0.228 e. The highest BCUT2D eigenvalue weighted by Crippen LogP contribution is 2.31. The van der Waals surface area contributed by atoms with Gasteiger partial charge >= 0.3 is 0 Å². The lowest BCUT2D eigenvalue weighted by Gasteiger charge is -2.05. The Morgan fingerprint density at radius 2 is 2.21 bits per heavy atom. The van der Waals surface area contributed by atoms with E-state index in [0.29, 0.717) is 11.6 Å². The van der Waals surface area contributed by atoms with Crippen LogP contribution in [0.2, 0.25) is 0 Å². The van der Waals surface area contributed by atoms with Crippen molar-refractivity contribution in [1.82, 2.24) is 9.97 Å². The Bertz CT molecular complexity index is 876. The zero-order valence-electron chi connectivity index (χ0n) is 13.6. The fourth-order valence-corrected chi connectivity index (χ4v) is 3.36. The number of benzene rings is 1. The average Bonchev–Trinajstić information content (AvgIpc) is 2.96. The lowest BCUT2D eigenvalue weighted by molar-refractivity contribution is -0.118. The second-order valence-corrected chi connectivity index (χ2v) is 6.74. The fourth-order valence-electron chi connectivity index (χ4n) is 2.44. The minimum absolute atomic E-state index is 0.0898. The number of hydrogen-bond acceptors (Lipinski definition) is 5. The molecule has 2 aromatic heterocycles. The second-order valence-electron chi connectivity index (χ2n) is 5.71. The van der Waals surface area contributed by atoms with Crippen LogP contribution in [0, 0.1) is 6.92 Å². The summed E-state index contributed by atoms with van der Waals surface area (Å²) in [6.45, 7) is 3.90. The van der Waals surface area contributed by atoms with E-state index in [1.54, 1.807) is 6.20 Å². The van der Waals surface area contributed by atoms with E-state index in [1.165, 1.54) is 11.3 Å². The van der Waals surface area contributed by atoms with E-state index in [4.69, 9.17) is 0 Å². The fraction of sp³-hybridized carbons (Fsp3) is 0.278. The summed E-state index contributed by atoms with van der Waals surface area (Å²) in [6.07, 6.45) is 3.67. The molecule has 1 aromatic carbocycles. The molecule has 5 nitrogen and oxygen atoms in total. The van der Waals surface area contributed by atoms with Gasteiger partial charge < -0.3 is 10.4 Å². The Hall–Kier alpha value is -2.31. The van der Waals surface area contributed by atoms with Gasteiger partial charge in [0, 0.05) is 18.0 Å². The first-order chi connectivity index (χ1) is 11.6. The van der Waals surface area contributed by atoms with Crippen LogP contribution in [-0.4, -0.2) is 27.1 Å². The Balaban J connectivity index is 1.84. The number of nitrogens with zero attached hydrogens (tertiary/aromatic N) is 2. The van der Waals surface area contributed by atoms with E-state index in [2.05, 4.69) is 28.3 Å². The maximum atomic E-state index is 11.9. The predicted molar refractivity (Wildman–Crippen MR) is 97.1 cm³/mol. The van der Waals surface area contributed by atoms with Crippen molar-refractivity contribution < 1.29 is 9.90 Å². The number of pyridine rings is 1. The molecule has 0 saturated carbocycles. The number of hydrogen-bond donors (Lipinski definition) is 2. The van der Waals surface area contributed by atoms with Crippen LogP contribution in [0.3, 0.4) is 0 Å². The van der Waals surface area contributed by atoms with Crippen LogP contribution >= 0.6 is 11.3 Å². The van der Waals surface area contributed by atoms with Crippen molar-refractivity contribution in [2.45, 2.75) is 32.8 Å². The van der Waals surface area contributed by atoms with Crippen molar-refractivity contribution >= 4 is 32.6 Å². The lowest BCUT2D eigenvalue weighted by Crippen LogP contribution is -2.18. The second kappa shape index (κ2) is 7.07. The van der Waals surface area contributed by atoms with Crippen molar-refractivity contribution in [3.63, 3.8) is 0 Å². The number of anilines is 1. The minimum atomic E-state index is -0.612. The number of amides is 1. The Labute approximate surface area is 144 Å². The van der Waals surface area contributed by atoms with Crippen molar-refractivity contribution in [1.29, 1.82) is 0 Å². The molecule has 2 N–H and O–H groups in total. The molecule has 1 atom stereocenters. The molecule has 0 aliphatic heterocycles. The van der Waals surface area contributed by atoms with Crippen LogP contribution in [0.25, 0.3) is 21.3 Å². The molecule has 0 spiro atoms. The summed E-state index contributed by atoms with van der Waals surface area (Å²) in [5, 5.41) is 12.9. The molecule has 0 radical (unpaired) electrons. The number of nitrogens with one attached hydrogen (secondary N) is 1. The van der Waals surface area contributed by atoms with E-state index in [0.717, 1.165) is 26.9 Å². The highest BCUT2D eigenvalue weighted by atomic mass is 32.1. The van der Waals surface area contributed by atoms with E-state index < -0.39 is 6.10 Å². The summed E-state index contributed by atoms with van der Waals surface area (Å²) in [4.78, 5) is 20.5. The topological polar surface area (TPSA) is 75.1 Å².